The first-order chi connectivity index (χ1) is 9.28. The molecule has 108 valence electrons. The van der Waals surface area contributed by atoms with E-state index in [1.54, 1.807) is 13.8 Å². The molecule has 1 atom stereocenters. The van der Waals surface area contributed by atoms with Gasteiger partial charge in [-0.05, 0) is 32.8 Å². The lowest BCUT2D eigenvalue weighted by molar-refractivity contribution is -0.151. The Bertz CT molecular complexity index is 524. The number of hydrogen-bond acceptors (Lipinski definition) is 5. The molecule has 5 nitrogen and oxygen atoms in total. The minimum atomic E-state index is -1.28. The maximum absolute atomic E-state index is 12.1. The highest BCUT2D eigenvalue weighted by molar-refractivity contribution is 6.14. The van der Waals surface area contributed by atoms with Crippen LogP contribution in [0.5, 0.6) is 0 Å². The lowest BCUT2D eigenvalue weighted by atomic mass is 9.76. The molecular formula is C15H18O5. The average Bonchev–Trinajstić information content (AvgIpc) is 2.81. The SMILES string of the molecule is CC(=O)CCC1=C(C)C(=O)O[C@H]1C1(C)C(=O)CCC1=O. The Balaban J connectivity index is 2.36. The van der Waals surface area contributed by atoms with Gasteiger partial charge in [0.15, 0.2) is 11.6 Å². The Morgan fingerprint density at radius 1 is 1.25 bits per heavy atom. The van der Waals surface area contributed by atoms with E-state index in [1.807, 2.05) is 0 Å². The normalized spacial score (nSPS) is 25.4. The topological polar surface area (TPSA) is 77.5 Å². The number of cyclic esters (lactones) is 1. The summed E-state index contributed by atoms with van der Waals surface area (Å²) in [6, 6.07) is 0. The molecule has 0 N–H and O–H groups in total. The van der Waals surface area contributed by atoms with Crippen LogP contribution in [0.15, 0.2) is 11.1 Å². The first-order valence-corrected chi connectivity index (χ1v) is 6.75. The smallest absolute Gasteiger partial charge is 0.334 e. The van der Waals surface area contributed by atoms with Crippen molar-refractivity contribution in [1.82, 2.24) is 0 Å². The van der Waals surface area contributed by atoms with E-state index in [0.717, 1.165) is 0 Å². The molecule has 1 aliphatic carbocycles. The molecule has 0 radical (unpaired) electrons. The van der Waals surface area contributed by atoms with Gasteiger partial charge in [-0.1, -0.05) is 0 Å². The highest BCUT2D eigenvalue weighted by Crippen LogP contribution is 2.43. The molecule has 1 fully saturated rings. The summed E-state index contributed by atoms with van der Waals surface area (Å²) >= 11 is 0. The van der Waals surface area contributed by atoms with Crippen LogP contribution < -0.4 is 0 Å². The highest BCUT2D eigenvalue weighted by Gasteiger charge is 2.56. The molecular weight excluding hydrogens is 260 g/mol. The molecule has 0 aromatic heterocycles. The van der Waals surface area contributed by atoms with Crippen molar-refractivity contribution < 1.29 is 23.9 Å². The zero-order chi connectivity index (χ0) is 15.1. The van der Waals surface area contributed by atoms with Crippen LogP contribution in [-0.4, -0.2) is 29.4 Å². The summed E-state index contributed by atoms with van der Waals surface area (Å²) in [7, 11) is 0. The molecule has 5 heteroatoms. The molecule has 20 heavy (non-hydrogen) atoms. The number of carbonyl (C=O) groups excluding carboxylic acids is 4. The van der Waals surface area contributed by atoms with Crippen LogP contribution in [0.2, 0.25) is 0 Å². The Kier molecular flexibility index (Phi) is 3.63. The third-order valence-corrected chi connectivity index (χ3v) is 4.34. The molecule has 1 aliphatic heterocycles. The predicted molar refractivity (Wildman–Crippen MR) is 69.9 cm³/mol. The fraction of sp³-hybridized carbons (Fsp3) is 0.600. The van der Waals surface area contributed by atoms with Crippen LogP contribution in [0.25, 0.3) is 0 Å². The Labute approximate surface area is 117 Å². The molecule has 1 saturated carbocycles. The fourth-order valence-electron chi connectivity index (χ4n) is 2.88. The number of ketones is 3. The molecule has 0 unspecified atom stereocenters. The van der Waals surface area contributed by atoms with Crippen molar-refractivity contribution in [3.8, 4) is 0 Å². The number of esters is 1. The van der Waals surface area contributed by atoms with Gasteiger partial charge in [-0.25, -0.2) is 4.79 Å². The Hall–Kier alpha value is -1.78. The van der Waals surface area contributed by atoms with Crippen molar-refractivity contribution in [2.24, 2.45) is 5.41 Å². The number of rotatable bonds is 4. The van der Waals surface area contributed by atoms with E-state index < -0.39 is 17.5 Å². The summed E-state index contributed by atoms with van der Waals surface area (Å²) in [6.07, 6.45) is 0.188. The van der Waals surface area contributed by atoms with Crippen molar-refractivity contribution >= 4 is 23.3 Å². The lowest BCUT2D eigenvalue weighted by Gasteiger charge is -2.28. The number of hydrogen-bond donors (Lipinski definition) is 0. The van der Waals surface area contributed by atoms with E-state index in [9.17, 15) is 19.2 Å². The first kappa shape index (κ1) is 14.6. The second-order valence-corrected chi connectivity index (χ2v) is 5.69. The van der Waals surface area contributed by atoms with Crippen LogP contribution in [-0.2, 0) is 23.9 Å². The van der Waals surface area contributed by atoms with Crippen molar-refractivity contribution in [1.29, 1.82) is 0 Å². The average molecular weight is 278 g/mol. The number of carbonyl (C=O) groups is 4. The zero-order valence-corrected chi connectivity index (χ0v) is 11.9. The molecule has 2 rings (SSSR count). The molecule has 0 saturated heterocycles. The summed E-state index contributed by atoms with van der Waals surface area (Å²) in [5.74, 6) is -0.870. The van der Waals surface area contributed by atoms with Crippen molar-refractivity contribution in [2.75, 3.05) is 0 Å². The summed E-state index contributed by atoms with van der Waals surface area (Å²) in [5.41, 5.74) is -0.235. The van der Waals surface area contributed by atoms with Crippen LogP contribution in [0.4, 0.5) is 0 Å². The lowest BCUT2D eigenvalue weighted by Crippen LogP contribution is -2.43. The molecule has 0 aromatic rings. The summed E-state index contributed by atoms with van der Waals surface area (Å²) in [5, 5.41) is 0. The monoisotopic (exact) mass is 278 g/mol. The third kappa shape index (κ3) is 2.11. The molecule has 0 aromatic carbocycles. The van der Waals surface area contributed by atoms with Gasteiger partial charge in [-0.3, -0.25) is 9.59 Å². The van der Waals surface area contributed by atoms with Gasteiger partial charge in [0.25, 0.3) is 0 Å². The highest BCUT2D eigenvalue weighted by atomic mass is 16.6. The molecule has 0 amide bonds. The van der Waals surface area contributed by atoms with Gasteiger partial charge in [0.05, 0.1) is 0 Å². The van der Waals surface area contributed by atoms with E-state index in [-0.39, 0.29) is 36.6 Å². The van der Waals surface area contributed by atoms with E-state index in [1.165, 1.54) is 6.92 Å². The minimum absolute atomic E-state index is 0.00220. The van der Waals surface area contributed by atoms with Crippen LogP contribution in [0.1, 0.15) is 46.5 Å². The van der Waals surface area contributed by atoms with Gasteiger partial charge >= 0.3 is 5.97 Å². The van der Waals surface area contributed by atoms with Gasteiger partial charge in [-0.15, -0.1) is 0 Å². The standard InChI is InChI=1S/C15H18O5/c1-8(16)4-5-10-9(2)14(19)20-13(10)15(3)11(17)6-7-12(15)18/h13H,4-7H2,1-3H3/t13-/m1/s1. The minimum Gasteiger partial charge on any atom is -0.453 e. The Morgan fingerprint density at radius 2 is 1.80 bits per heavy atom. The number of ether oxygens (including phenoxy) is 1. The molecule has 0 bridgehead atoms. The predicted octanol–water partition coefficient (Wildman–Crippen LogP) is 1.54. The quantitative estimate of drug-likeness (QED) is 0.575. The van der Waals surface area contributed by atoms with Crippen LogP contribution in [0.3, 0.4) is 0 Å². The molecule has 2 aliphatic rings. The van der Waals surface area contributed by atoms with Crippen molar-refractivity contribution in [3.05, 3.63) is 11.1 Å². The Morgan fingerprint density at radius 3 is 2.30 bits per heavy atom. The summed E-state index contributed by atoms with van der Waals surface area (Å²) in [4.78, 5) is 47.1. The maximum Gasteiger partial charge on any atom is 0.334 e. The van der Waals surface area contributed by atoms with E-state index in [4.69, 9.17) is 4.74 Å². The van der Waals surface area contributed by atoms with Gasteiger partial charge in [-0.2, -0.15) is 0 Å². The van der Waals surface area contributed by atoms with Gasteiger partial charge in [0.2, 0.25) is 0 Å². The summed E-state index contributed by atoms with van der Waals surface area (Å²) in [6.45, 7) is 4.64. The van der Waals surface area contributed by atoms with Gasteiger partial charge in [0, 0.05) is 24.8 Å². The van der Waals surface area contributed by atoms with E-state index >= 15 is 0 Å². The molecule has 1 heterocycles. The third-order valence-electron chi connectivity index (χ3n) is 4.34. The van der Waals surface area contributed by atoms with Crippen molar-refractivity contribution in [3.63, 3.8) is 0 Å². The van der Waals surface area contributed by atoms with Gasteiger partial charge < -0.3 is 9.53 Å². The second kappa shape index (κ2) is 4.96. The first-order valence-electron chi connectivity index (χ1n) is 6.75. The second-order valence-electron chi connectivity index (χ2n) is 5.69. The maximum atomic E-state index is 12.1. The van der Waals surface area contributed by atoms with Crippen LogP contribution >= 0.6 is 0 Å². The van der Waals surface area contributed by atoms with Crippen LogP contribution in [0, 0.1) is 5.41 Å². The molecule has 0 spiro atoms. The van der Waals surface area contributed by atoms with Crippen molar-refractivity contribution in [2.45, 2.75) is 52.6 Å². The fourth-order valence-corrected chi connectivity index (χ4v) is 2.88. The van der Waals surface area contributed by atoms with E-state index in [0.29, 0.717) is 17.6 Å². The van der Waals surface area contributed by atoms with Gasteiger partial charge in [0.1, 0.15) is 17.3 Å². The van der Waals surface area contributed by atoms with E-state index in [2.05, 4.69) is 0 Å². The summed E-state index contributed by atoms with van der Waals surface area (Å²) < 4.78 is 5.28. The number of Topliss-reactive ketones (excluding diaryl/α,β-unsaturated/α-hetero) is 3. The zero-order valence-electron chi connectivity index (χ0n) is 11.9. The largest absolute Gasteiger partial charge is 0.453 e.